The number of hydrogen-bond acceptors (Lipinski definition) is 2. The van der Waals surface area contributed by atoms with Crippen LogP contribution in [-0.4, -0.2) is 50.1 Å². The van der Waals surface area contributed by atoms with E-state index >= 15 is 0 Å². The van der Waals surface area contributed by atoms with Crippen molar-refractivity contribution in [1.82, 2.24) is 9.80 Å². The Hall–Kier alpha value is -0.0800. The normalized spacial score (nSPS) is 22.4. The summed E-state index contributed by atoms with van der Waals surface area (Å²) in [7, 11) is 4.44. The third kappa shape index (κ3) is 12.7. The smallest absolute Gasteiger partial charge is 0.00218 e. The Morgan fingerprint density at radius 1 is 0.421 bits per heavy atom. The minimum absolute atomic E-state index is 0. The van der Waals surface area contributed by atoms with Crippen molar-refractivity contribution in [2.24, 2.45) is 0 Å². The maximum atomic E-state index is 2.44. The van der Waals surface area contributed by atoms with E-state index in [9.17, 15) is 0 Å². The zero-order valence-corrected chi connectivity index (χ0v) is 12.1. The Morgan fingerprint density at radius 2 is 0.632 bits per heavy atom. The molecule has 0 aromatic carbocycles. The summed E-state index contributed by atoms with van der Waals surface area (Å²) in [6, 6.07) is 0. The summed E-state index contributed by atoms with van der Waals surface area (Å²) >= 11 is 0. The van der Waals surface area contributed by atoms with Crippen molar-refractivity contribution >= 4 is 0 Å². The van der Waals surface area contributed by atoms with E-state index in [-0.39, 0.29) is 14.9 Å². The third-order valence-electron chi connectivity index (χ3n) is 3.91. The number of hydrogen-bond donors (Lipinski definition) is 0. The van der Waals surface area contributed by atoms with E-state index in [1.54, 1.807) is 0 Å². The van der Waals surface area contributed by atoms with Crippen LogP contribution in [0, 0.1) is 0 Å². The Labute approximate surface area is 123 Å². The predicted octanol–water partition coefficient (Wildman–Crippen LogP) is 4.65. The molecule has 2 fully saturated rings. The quantitative estimate of drug-likeness (QED) is 0.633. The van der Waals surface area contributed by atoms with E-state index in [1.165, 1.54) is 84.0 Å². The predicted molar refractivity (Wildman–Crippen MR) is 90.0 cm³/mol. The van der Waals surface area contributed by atoms with Crippen molar-refractivity contribution < 1.29 is 0 Å². The molecule has 2 heterocycles. The van der Waals surface area contributed by atoms with Gasteiger partial charge in [-0.05, 0) is 66.0 Å². The van der Waals surface area contributed by atoms with E-state index in [4.69, 9.17) is 0 Å². The topological polar surface area (TPSA) is 6.48 Å². The van der Waals surface area contributed by atoms with Crippen LogP contribution in [0.25, 0.3) is 0 Å². The molecule has 0 unspecified atom stereocenters. The monoisotopic (exact) mass is 272 g/mol. The molecule has 2 saturated heterocycles. The van der Waals surface area contributed by atoms with Gasteiger partial charge in [0, 0.05) is 0 Å². The molecule has 0 spiro atoms. The van der Waals surface area contributed by atoms with Crippen LogP contribution in [0.15, 0.2) is 0 Å². The molecule has 0 amide bonds. The zero-order chi connectivity index (χ0) is 12.3. The maximum absolute atomic E-state index is 2.44. The average molecular weight is 273 g/mol. The summed E-state index contributed by atoms with van der Waals surface area (Å²) in [5.41, 5.74) is 0. The molecule has 2 aliphatic heterocycles. The second kappa shape index (κ2) is 14.3. The van der Waals surface area contributed by atoms with Gasteiger partial charge in [0.2, 0.25) is 0 Å². The molecule has 2 heteroatoms. The lowest BCUT2D eigenvalue weighted by Gasteiger charge is -2.18. The molecule has 19 heavy (non-hydrogen) atoms. The molecule has 0 aliphatic carbocycles. The van der Waals surface area contributed by atoms with Gasteiger partial charge in [-0.1, -0.05) is 47.0 Å². The molecule has 2 rings (SSSR count). The van der Waals surface area contributed by atoms with Gasteiger partial charge in [-0.3, -0.25) is 0 Å². The minimum Gasteiger partial charge on any atom is -0.306 e. The van der Waals surface area contributed by atoms with Crippen LogP contribution in [0.1, 0.15) is 72.6 Å². The van der Waals surface area contributed by atoms with Gasteiger partial charge in [-0.15, -0.1) is 0 Å². The zero-order valence-electron chi connectivity index (χ0n) is 12.1. The first-order chi connectivity index (χ1) is 8.29. The SMILES string of the molecule is C.C.CN1CCCCCC1.CN1CCCCCCC1. The summed E-state index contributed by atoms with van der Waals surface area (Å²) < 4.78 is 0. The Morgan fingerprint density at radius 3 is 0.895 bits per heavy atom. The van der Waals surface area contributed by atoms with Gasteiger partial charge < -0.3 is 9.80 Å². The van der Waals surface area contributed by atoms with E-state index in [0.717, 1.165) is 0 Å². The van der Waals surface area contributed by atoms with Gasteiger partial charge in [0.25, 0.3) is 0 Å². The molecule has 0 saturated carbocycles. The number of nitrogens with zero attached hydrogens (tertiary/aromatic N) is 2. The van der Waals surface area contributed by atoms with Crippen molar-refractivity contribution in [3.8, 4) is 0 Å². The highest BCUT2D eigenvalue weighted by Crippen LogP contribution is 2.08. The highest BCUT2D eigenvalue weighted by molar-refractivity contribution is 4.58. The van der Waals surface area contributed by atoms with Crippen LogP contribution in [0.2, 0.25) is 0 Å². The van der Waals surface area contributed by atoms with E-state index in [0.29, 0.717) is 0 Å². The van der Waals surface area contributed by atoms with Crippen LogP contribution in [0.5, 0.6) is 0 Å². The highest BCUT2D eigenvalue weighted by atomic mass is 15.1. The van der Waals surface area contributed by atoms with E-state index in [2.05, 4.69) is 23.9 Å². The van der Waals surface area contributed by atoms with Gasteiger partial charge in [0.05, 0.1) is 0 Å². The van der Waals surface area contributed by atoms with Gasteiger partial charge in [0.15, 0.2) is 0 Å². The largest absolute Gasteiger partial charge is 0.306 e. The molecule has 0 aromatic rings. The lowest BCUT2D eigenvalue weighted by Crippen LogP contribution is -2.22. The van der Waals surface area contributed by atoms with Crippen molar-refractivity contribution in [3.05, 3.63) is 0 Å². The van der Waals surface area contributed by atoms with Gasteiger partial charge in [-0.2, -0.15) is 0 Å². The molecule has 0 atom stereocenters. The van der Waals surface area contributed by atoms with Crippen molar-refractivity contribution in [2.45, 2.75) is 72.6 Å². The fourth-order valence-corrected chi connectivity index (χ4v) is 2.63. The van der Waals surface area contributed by atoms with Gasteiger partial charge in [0.1, 0.15) is 0 Å². The lowest BCUT2D eigenvalue weighted by molar-refractivity contribution is 0.297. The minimum atomic E-state index is 0. The summed E-state index contributed by atoms with van der Waals surface area (Å²) in [5, 5.41) is 0. The molecule has 0 radical (unpaired) electrons. The standard InChI is InChI=1S/C8H17N.C7H15N.2CH4/c1-9-7-5-3-2-4-6-8-9;1-8-6-4-2-3-5-7-8;;/h2-8H2,1H3;2-7H2,1H3;2*1H4. The van der Waals surface area contributed by atoms with Crippen LogP contribution in [-0.2, 0) is 0 Å². The highest BCUT2D eigenvalue weighted by Gasteiger charge is 2.02. The average Bonchev–Trinajstić information content (AvgIpc) is 2.52. The van der Waals surface area contributed by atoms with Gasteiger partial charge >= 0.3 is 0 Å². The fourth-order valence-electron chi connectivity index (χ4n) is 2.63. The molecular weight excluding hydrogens is 232 g/mol. The molecule has 0 aromatic heterocycles. The second-order valence-corrected chi connectivity index (χ2v) is 5.79. The Bertz CT molecular complexity index is 155. The summed E-state index contributed by atoms with van der Waals surface area (Å²) in [6.45, 7) is 5.28. The molecule has 0 bridgehead atoms. The van der Waals surface area contributed by atoms with Crippen LogP contribution >= 0.6 is 0 Å². The summed E-state index contributed by atoms with van der Waals surface area (Å²) in [4.78, 5) is 4.87. The fraction of sp³-hybridized carbons (Fsp3) is 1.00. The molecular formula is C17H40N2. The maximum Gasteiger partial charge on any atom is -0.00218 e. The summed E-state index contributed by atoms with van der Waals surface area (Å²) in [6.07, 6.45) is 12.9. The van der Waals surface area contributed by atoms with E-state index < -0.39 is 0 Å². The number of likely N-dealkylation sites (tertiary alicyclic amines) is 2. The van der Waals surface area contributed by atoms with Crippen LogP contribution in [0.3, 0.4) is 0 Å². The third-order valence-corrected chi connectivity index (χ3v) is 3.91. The summed E-state index contributed by atoms with van der Waals surface area (Å²) in [5.74, 6) is 0. The van der Waals surface area contributed by atoms with Crippen LogP contribution in [0.4, 0.5) is 0 Å². The van der Waals surface area contributed by atoms with Crippen LogP contribution < -0.4 is 0 Å². The first-order valence-electron chi connectivity index (χ1n) is 7.66. The number of rotatable bonds is 0. The Kier molecular flexibility index (Phi) is 16.0. The van der Waals surface area contributed by atoms with Crippen molar-refractivity contribution in [2.75, 3.05) is 40.3 Å². The molecule has 118 valence electrons. The van der Waals surface area contributed by atoms with E-state index in [1.807, 2.05) is 0 Å². The first-order valence-corrected chi connectivity index (χ1v) is 7.66. The Balaban J connectivity index is 0. The van der Waals surface area contributed by atoms with Crippen molar-refractivity contribution in [3.63, 3.8) is 0 Å². The van der Waals surface area contributed by atoms with Gasteiger partial charge in [-0.25, -0.2) is 0 Å². The molecule has 2 nitrogen and oxygen atoms in total. The first kappa shape index (κ1) is 21.2. The van der Waals surface area contributed by atoms with Crippen molar-refractivity contribution in [1.29, 1.82) is 0 Å². The molecule has 0 N–H and O–H groups in total. The second-order valence-electron chi connectivity index (χ2n) is 5.79. The molecule has 2 aliphatic rings. The lowest BCUT2D eigenvalue weighted by atomic mass is 10.1.